The summed E-state index contributed by atoms with van der Waals surface area (Å²) in [5, 5.41) is 15.6. The van der Waals surface area contributed by atoms with Gasteiger partial charge in [-0.2, -0.15) is 5.10 Å². The first kappa shape index (κ1) is 30.7. The van der Waals surface area contributed by atoms with Crippen LogP contribution in [0.5, 0.6) is 17.2 Å². The Morgan fingerprint density at radius 3 is 1.91 bits per heavy atom. The molecule has 4 aromatic carbocycles. The second-order valence-electron chi connectivity index (χ2n) is 8.74. The number of hydrogen-bond donors (Lipinski definition) is 1. The van der Waals surface area contributed by atoms with Gasteiger partial charge in [-0.25, -0.2) is 15.0 Å². The van der Waals surface area contributed by atoms with Gasteiger partial charge in [-0.1, -0.05) is 23.2 Å². The SMILES string of the molecule is CC(Oc1ccc([N+](=O)[O-])cc1)C(=O)N/N=C/c1ccc(OC(=O)c2ccc(Cl)cc2)cc1OC(=O)c1ccc(Cl)cc1. The molecule has 43 heavy (non-hydrogen) atoms. The van der Waals surface area contributed by atoms with Gasteiger partial charge in [0.05, 0.1) is 22.3 Å². The number of halogens is 2. The molecule has 4 rings (SSSR count). The predicted octanol–water partition coefficient (Wildman–Crippen LogP) is 6.26. The lowest BCUT2D eigenvalue weighted by atomic mass is 10.2. The van der Waals surface area contributed by atoms with Crippen LogP contribution in [0.2, 0.25) is 10.0 Å². The van der Waals surface area contributed by atoms with Crippen LogP contribution in [-0.2, 0) is 4.79 Å². The summed E-state index contributed by atoms with van der Waals surface area (Å²) in [6.45, 7) is 1.47. The Hall–Kier alpha value is -5.26. The average molecular weight is 622 g/mol. The Bertz CT molecular complexity index is 1680. The summed E-state index contributed by atoms with van der Waals surface area (Å²) in [5.41, 5.74) is 2.92. The molecule has 1 N–H and O–H groups in total. The first-order valence-corrected chi connectivity index (χ1v) is 13.2. The van der Waals surface area contributed by atoms with E-state index in [1.807, 2.05) is 0 Å². The minimum atomic E-state index is -1.00. The van der Waals surface area contributed by atoms with Crippen molar-refractivity contribution in [3.8, 4) is 17.2 Å². The third-order valence-electron chi connectivity index (χ3n) is 5.67. The van der Waals surface area contributed by atoms with E-state index in [2.05, 4.69) is 10.5 Å². The highest BCUT2D eigenvalue weighted by Gasteiger charge is 2.17. The first-order valence-electron chi connectivity index (χ1n) is 12.4. The topological polar surface area (TPSA) is 146 Å². The third kappa shape index (κ3) is 8.62. The molecule has 0 radical (unpaired) electrons. The van der Waals surface area contributed by atoms with Crippen LogP contribution < -0.4 is 19.6 Å². The van der Waals surface area contributed by atoms with Crippen LogP contribution in [-0.4, -0.2) is 35.1 Å². The standard InChI is InChI=1S/C30H21Cl2N3O8/c1-18(41-25-14-11-24(12-15-25)35(39)40)28(36)34-33-17-21-6-13-26(42-29(37)19-2-7-22(31)8-3-19)16-27(21)43-30(38)20-4-9-23(32)10-5-20/h2-18H,1H3,(H,34,36)/b33-17+. The highest BCUT2D eigenvalue weighted by molar-refractivity contribution is 6.31. The number of ether oxygens (including phenoxy) is 3. The summed E-state index contributed by atoms with van der Waals surface area (Å²) in [6.07, 6.45) is 0.224. The van der Waals surface area contributed by atoms with Gasteiger partial charge in [-0.3, -0.25) is 14.9 Å². The van der Waals surface area contributed by atoms with Crippen molar-refractivity contribution in [1.29, 1.82) is 0 Å². The molecule has 0 saturated carbocycles. The van der Waals surface area contributed by atoms with Gasteiger partial charge in [0.2, 0.25) is 0 Å². The van der Waals surface area contributed by atoms with Gasteiger partial charge in [0.15, 0.2) is 6.10 Å². The quantitative estimate of drug-likeness (QED) is 0.0717. The summed E-state index contributed by atoms with van der Waals surface area (Å²) in [4.78, 5) is 48.2. The monoisotopic (exact) mass is 621 g/mol. The van der Waals surface area contributed by atoms with Crippen LogP contribution >= 0.6 is 23.2 Å². The normalized spacial score (nSPS) is 11.4. The molecule has 0 saturated heterocycles. The third-order valence-corrected chi connectivity index (χ3v) is 6.17. The van der Waals surface area contributed by atoms with Crippen molar-refractivity contribution in [2.45, 2.75) is 13.0 Å². The van der Waals surface area contributed by atoms with Crippen LogP contribution in [0.4, 0.5) is 5.69 Å². The number of hydrazone groups is 1. The Kier molecular flexibility index (Phi) is 10.0. The molecule has 11 nitrogen and oxygen atoms in total. The second kappa shape index (κ2) is 14.1. The van der Waals surface area contributed by atoms with Crippen LogP contribution in [0, 0.1) is 10.1 Å². The number of carbonyl (C=O) groups excluding carboxylic acids is 3. The van der Waals surface area contributed by atoms with E-state index in [1.165, 1.54) is 92.0 Å². The summed E-state index contributed by atoms with van der Waals surface area (Å²) in [5.74, 6) is -1.70. The van der Waals surface area contributed by atoms with Gasteiger partial charge >= 0.3 is 11.9 Å². The van der Waals surface area contributed by atoms with Crippen molar-refractivity contribution < 1.29 is 33.5 Å². The zero-order valence-electron chi connectivity index (χ0n) is 22.2. The van der Waals surface area contributed by atoms with Crippen LogP contribution in [0.25, 0.3) is 0 Å². The minimum absolute atomic E-state index is 0.0190. The van der Waals surface area contributed by atoms with Gasteiger partial charge in [0.1, 0.15) is 17.2 Å². The maximum absolute atomic E-state index is 12.8. The summed E-state index contributed by atoms with van der Waals surface area (Å²) < 4.78 is 16.5. The smallest absolute Gasteiger partial charge is 0.343 e. The predicted molar refractivity (Wildman–Crippen MR) is 158 cm³/mol. The molecular formula is C30H21Cl2N3O8. The van der Waals surface area contributed by atoms with Crippen LogP contribution in [0.15, 0.2) is 96.1 Å². The molecule has 1 atom stereocenters. The molecule has 0 heterocycles. The van der Waals surface area contributed by atoms with Crippen molar-refractivity contribution in [3.63, 3.8) is 0 Å². The molecule has 218 valence electrons. The molecule has 0 aliphatic carbocycles. The van der Waals surface area contributed by atoms with Gasteiger partial charge in [0.25, 0.3) is 11.6 Å². The lowest BCUT2D eigenvalue weighted by Crippen LogP contribution is -2.33. The van der Waals surface area contributed by atoms with E-state index >= 15 is 0 Å². The summed E-state index contributed by atoms with van der Waals surface area (Å²) in [6, 6.07) is 21.6. The van der Waals surface area contributed by atoms with Gasteiger partial charge in [0, 0.05) is 33.8 Å². The van der Waals surface area contributed by atoms with Gasteiger partial charge in [-0.05, 0) is 79.7 Å². The highest BCUT2D eigenvalue weighted by Crippen LogP contribution is 2.26. The van der Waals surface area contributed by atoms with Crippen molar-refractivity contribution in [1.82, 2.24) is 5.43 Å². The van der Waals surface area contributed by atoms with E-state index in [-0.39, 0.29) is 39.6 Å². The molecule has 1 amide bonds. The number of nitro benzene ring substituents is 1. The summed E-state index contributed by atoms with van der Waals surface area (Å²) in [7, 11) is 0. The van der Waals surface area contributed by atoms with Gasteiger partial charge in [-0.15, -0.1) is 0 Å². The van der Waals surface area contributed by atoms with E-state index in [9.17, 15) is 24.5 Å². The molecule has 0 spiro atoms. The van der Waals surface area contributed by atoms with E-state index in [1.54, 1.807) is 12.1 Å². The number of esters is 2. The van der Waals surface area contributed by atoms with Crippen LogP contribution in [0.1, 0.15) is 33.2 Å². The van der Waals surface area contributed by atoms with E-state index in [0.717, 1.165) is 0 Å². The number of hydrogen-bond acceptors (Lipinski definition) is 9. The number of rotatable bonds is 10. The molecule has 13 heteroatoms. The van der Waals surface area contributed by atoms with Crippen molar-refractivity contribution in [2.75, 3.05) is 0 Å². The Balaban J connectivity index is 1.49. The molecular weight excluding hydrogens is 601 g/mol. The number of non-ortho nitro benzene ring substituents is 1. The molecule has 4 aromatic rings. The van der Waals surface area contributed by atoms with E-state index in [4.69, 9.17) is 37.4 Å². The minimum Gasteiger partial charge on any atom is -0.481 e. The number of amides is 1. The largest absolute Gasteiger partial charge is 0.481 e. The number of carbonyl (C=O) groups is 3. The van der Waals surface area contributed by atoms with Crippen molar-refractivity contribution >= 4 is 52.9 Å². The fourth-order valence-corrected chi connectivity index (χ4v) is 3.68. The second-order valence-corrected chi connectivity index (χ2v) is 9.61. The molecule has 0 aliphatic rings. The molecule has 0 aromatic heterocycles. The first-order chi connectivity index (χ1) is 20.6. The van der Waals surface area contributed by atoms with Crippen molar-refractivity contribution in [2.24, 2.45) is 5.10 Å². The zero-order valence-corrected chi connectivity index (χ0v) is 23.7. The maximum atomic E-state index is 12.8. The van der Waals surface area contributed by atoms with Gasteiger partial charge < -0.3 is 14.2 Å². The van der Waals surface area contributed by atoms with E-state index < -0.39 is 28.9 Å². The molecule has 0 bridgehead atoms. The fraction of sp³-hybridized carbons (Fsp3) is 0.0667. The summed E-state index contributed by atoms with van der Waals surface area (Å²) >= 11 is 11.8. The molecule has 1 unspecified atom stereocenters. The lowest BCUT2D eigenvalue weighted by molar-refractivity contribution is -0.384. The van der Waals surface area contributed by atoms with Crippen LogP contribution in [0.3, 0.4) is 0 Å². The highest BCUT2D eigenvalue weighted by atomic mass is 35.5. The number of nitrogens with one attached hydrogen (secondary N) is 1. The molecule has 0 fully saturated rings. The average Bonchev–Trinajstić information content (AvgIpc) is 2.99. The molecule has 0 aliphatic heterocycles. The zero-order chi connectivity index (χ0) is 30.9. The Morgan fingerprint density at radius 1 is 0.814 bits per heavy atom. The fourth-order valence-electron chi connectivity index (χ4n) is 3.43. The lowest BCUT2D eigenvalue weighted by Gasteiger charge is -2.13. The van der Waals surface area contributed by atoms with E-state index in [0.29, 0.717) is 10.0 Å². The maximum Gasteiger partial charge on any atom is 0.343 e. The number of benzene rings is 4. The van der Waals surface area contributed by atoms with Crippen molar-refractivity contribution in [3.05, 3.63) is 128 Å². The Morgan fingerprint density at radius 2 is 1.35 bits per heavy atom. The number of nitro groups is 1. The Labute approximate surface area is 254 Å². The number of nitrogens with zero attached hydrogens (tertiary/aromatic N) is 2.